The van der Waals surface area contributed by atoms with E-state index in [1.807, 2.05) is 11.0 Å². The number of amides is 2. The number of para-hydroxylation sites is 1. The summed E-state index contributed by atoms with van der Waals surface area (Å²) in [7, 11) is 0. The van der Waals surface area contributed by atoms with Gasteiger partial charge in [-0.3, -0.25) is 9.59 Å². The minimum Gasteiger partial charge on any atom is -0.393 e. The monoisotopic (exact) mass is 626 g/mol. The highest BCUT2D eigenvalue weighted by Gasteiger charge is 2.38. The van der Waals surface area contributed by atoms with E-state index >= 15 is 0 Å². The highest BCUT2D eigenvalue weighted by atomic mass is 19.1. The number of aliphatic hydroxyl groups is 1. The lowest BCUT2D eigenvalue weighted by Crippen LogP contribution is -2.51. The van der Waals surface area contributed by atoms with Crippen molar-refractivity contribution >= 4 is 28.2 Å². The van der Waals surface area contributed by atoms with Gasteiger partial charge in [0.25, 0.3) is 5.91 Å². The molecule has 4 aromatic rings. The summed E-state index contributed by atoms with van der Waals surface area (Å²) in [4.78, 5) is 30.1. The van der Waals surface area contributed by atoms with Gasteiger partial charge in [0.2, 0.25) is 5.91 Å². The molecule has 2 saturated carbocycles. The summed E-state index contributed by atoms with van der Waals surface area (Å²) in [6.45, 7) is 4.83. The van der Waals surface area contributed by atoms with Gasteiger partial charge < -0.3 is 25.2 Å². The van der Waals surface area contributed by atoms with E-state index in [2.05, 4.69) is 35.8 Å². The van der Waals surface area contributed by atoms with Crippen molar-refractivity contribution in [3.63, 3.8) is 0 Å². The molecule has 4 aliphatic rings. The van der Waals surface area contributed by atoms with Crippen LogP contribution in [0.2, 0.25) is 0 Å². The Bertz CT molecular complexity index is 1810. The van der Waals surface area contributed by atoms with Gasteiger partial charge in [-0.25, -0.2) is 8.91 Å². The van der Waals surface area contributed by atoms with Gasteiger partial charge in [-0.05, 0) is 75.1 Å². The first-order valence-electron chi connectivity index (χ1n) is 17.0. The van der Waals surface area contributed by atoms with Crippen molar-refractivity contribution in [2.75, 3.05) is 26.2 Å². The topological polar surface area (TPSA) is 109 Å². The van der Waals surface area contributed by atoms with E-state index in [9.17, 15) is 19.1 Å². The number of carbonyl (C=O) groups is 2. The summed E-state index contributed by atoms with van der Waals surface area (Å²) in [6.07, 6.45) is 6.18. The van der Waals surface area contributed by atoms with Crippen LogP contribution in [0.4, 0.5) is 4.39 Å². The normalized spacial score (nSPS) is 25.7. The van der Waals surface area contributed by atoms with E-state index in [0.717, 1.165) is 48.3 Å². The zero-order valence-electron chi connectivity index (χ0n) is 26.4. The molecule has 3 aromatic heterocycles. The van der Waals surface area contributed by atoms with Gasteiger partial charge in [-0.2, -0.15) is 5.10 Å². The van der Waals surface area contributed by atoms with Crippen molar-refractivity contribution in [3.8, 4) is 11.4 Å². The molecule has 242 valence electrons. The van der Waals surface area contributed by atoms with Crippen LogP contribution in [0.15, 0.2) is 42.6 Å². The van der Waals surface area contributed by atoms with E-state index in [-0.39, 0.29) is 48.8 Å². The Morgan fingerprint density at radius 3 is 2.61 bits per heavy atom. The maximum Gasteiger partial charge on any atom is 0.255 e. The number of likely N-dealkylation sites (tertiary alicyclic amines) is 2. The molecule has 4 fully saturated rings. The van der Waals surface area contributed by atoms with E-state index in [1.54, 1.807) is 16.8 Å². The first kappa shape index (κ1) is 29.6. The molecule has 8 rings (SSSR count). The Morgan fingerprint density at radius 2 is 1.85 bits per heavy atom. The lowest BCUT2D eigenvalue weighted by Gasteiger charge is -2.42. The number of hydrogen-bond acceptors (Lipinski definition) is 5. The zero-order valence-corrected chi connectivity index (χ0v) is 26.4. The van der Waals surface area contributed by atoms with Gasteiger partial charge >= 0.3 is 0 Å². The molecule has 3 N–H and O–H groups in total. The molecule has 10 heteroatoms. The van der Waals surface area contributed by atoms with Crippen LogP contribution in [-0.2, 0) is 11.3 Å². The standard InChI is InChI=1S/C36H43FN6O3/c1-21-31-11-10-25(36(46)41-19-27(37)14-28(38)20-41)18-43(31)39-33(21)32-13-23-4-3-7-30(34(23)42(32)15-22-8-9-22)26-16-40(17-26)35(45)24-5-2-6-29(44)12-24/h3-4,7,10-11,13,18,22,24,26-29,44H,2,5-6,8-9,12,14-17,19-20,38H2,1H3/t24-,27-,28-,29+/m1/s1. The SMILES string of the molecule is Cc1c(-c2cc3cccc(C4CN(C(=O)[C@@H]5CCC[C@H](O)C5)C4)c3n2CC2CC2)nn2cc(C(=O)N3C[C@H](N)C[C@@H](F)C3)ccc12. The predicted molar refractivity (Wildman–Crippen MR) is 174 cm³/mol. The first-order valence-corrected chi connectivity index (χ1v) is 17.0. The molecule has 9 nitrogen and oxygen atoms in total. The number of pyridine rings is 1. The largest absolute Gasteiger partial charge is 0.393 e. The second kappa shape index (κ2) is 11.5. The summed E-state index contributed by atoms with van der Waals surface area (Å²) in [6, 6.07) is 12.1. The summed E-state index contributed by atoms with van der Waals surface area (Å²) < 4.78 is 18.4. The van der Waals surface area contributed by atoms with Gasteiger partial charge in [-0.15, -0.1) is 0 Å². The van der Waals surface area contributed by atoms with E-state index < -0.39 is 6.17 Å². The predicted octanol–water partition coefficient (Wildman–Crippen LogP) is 4.66. The number of nitrogens with two attached hydrogens (primary N) is 1. The molecule has 4 atom stereocenters. The van der Waals surface area contributed by atoms with Crippen LogP contribution in [0.5, 0.6) is 0 Å². The Kier molecular flexibility index (Phi) is 7.40. The molecule has 0 unspecified atom stereocenters. The molecule has 0 radical (unpaired) electrons. The molecule has 0 spiro atoms. The number of hydrogen-bond donors (Lipinski definition) is 2. The van der Waals surface area contributed by atoms with Crippen molar-refractivity contribution < 1.29 is 19.1 Å². The lowest BCUT2D eigenvalue weighted by molar-refractivity contribution is -0.142. The Morgan fingerprint density at radius 1 is 1.02 bits per heavy atom. The van der Waals surface area contributed by atoms with Gasteiger partial charge in [-0.1, -0.05) is 24.6 Å². The first-order chi connectivity index (χ1) is 22.2. The van der Waals surface area contributed by atoms with E-state index in [4.69, 9.17) is 10.8 Å². The average molecular weight is 627 g/mol. The van der Waals surface area contributed by atoms with Crippen molar-refractivity contribution in [1.29, 1.82) is 0 Å². The van der Waals surface area contributed by atoms with E-state index in [1.165, 1.54) is 34.2 Å². The summed E-state index contributed by atoms with van der Waals surface area (Å²) in [5.41, 5.74) is 12.9. The fourth-order valence-electron chi connectivity index (χ4n) is 8.09. The van der Waals surface area contributed by atoms with Crippen molar-refractivity contribution in [2.45, 2.75) is 82.6 Å². The summed E-state index contributed by atoms with van der Waals surface area (Å²) >= 11 is 0. The maximum absolute atomic E-state index is 14.2. The van der Waals surface area contributed by atoms with Crippen LogP contribution in [0.1, 0.15) is 72.3 Å². The number of piperidine rings is 1. The third-order valence-corrected chi connectivity index (χ3v) is 10.8. The Hall–Kier alpha value is -3.76. The van der Waals surface area contributed by atoms with Crippen LogP contribution in [0.25, 0.3) is 27.8 Å². The van der Waals surface area contributed by atoms with Crippen LogP contribution < -0.4 is 5.73 Å². The van der Waals surface area contributed by atoms with Gasteiger partial charge in [0.05, 0.1) is 34.9 Å². The molecular weight excluding hydrogens is 583 g/mol. The molecule has 2 amide bonds. The van der Waals surface area contributed by atoms with Crippen LogP contribution in [-0.4, -0.2) is 85.4 Å². The number of rotatable bonds is 6. The van der Waals surface area contributed by atoms with Crippen molar-refractivity contribution in [2.24, 2.45) is 17.6 Å². The summed E-state index contributed by atoms with van der Waals surface area (Å²) in [5.74, 6) is 0.815. The van der Waals surface area contributed by atoms with Crippen molar-refractivity contribution in [1.82, 2.24) is 24.0 Å². The van der Waals surface area contributed by atoms with Crippen molar-refractivity contribution in [3.05, 3.63) is 59.3 Å². The number of aliphatic hydroxyl groups excluding tert-OH is 1. The molecule has 1 aromatic carbocycles. The third-order valence-electron chi connectivity index (χ3n) is 10.8. The Labute approximate surface area is 268 Å². The highest BCUT2D eigenvalue weighted by Crippen LogP contribution is 2.41. The fraction of sp³-hybridized carbons (Fsp3) is 0.528. The number of aromatic nitrogens is 3. The van der Waals surface area contributed by atoms with E-state index in [0.29, 0.717) is 37.5 Å². The fourth-order valence-corrected chi connectivity index (χ4v) is 8.09. The van der Waals surface area contributed by atoms with Crippen LogP contribution in [0, 0.1) is 18.8 Å². The smallest absolute Gasteiger partial charge is 0.255 e. The zero-order chi connectivity index (χ0) is 31.7. The molecule has 2 saturated heterocycles. The number of aryl methyl sites for hydroxylation is 1. The Balaban J connectivity index is 1.11. The molecule has 5 heterocycles. The molecular formula is C36H43FN6O3. The number of nitrogens with zero attached hydrogens (tertiary/aromatic N) is 5. The molecule has 0 bridgehead atoms. The van der Waals surface area contributed by atoms with Crippen LogP contribution >= 0.6 is 0 Å². The van der Waals surface area contributed by atoms with Gasteiger partial charge in [0, 0.05) is 61.2 Å². The average Bonchev–Trinajstić information content (AvgIpc) is 3.68. The van der Waals surface area contributed by atoms with Gasteiger partial charge in [0.15, 0.2) is 0 Å². The molecule has 2 aliphatic carbocycles. The highest BCUT2D eigenvalue weighted by molar-refractivity contribution is 5.95. The molecule has 46 heavy (non-hydrogen) atoms. The molecule has 2 aliphatic heterocycles. The third kappa shape index (κ3) is 5.29. The second-order valence-electron chi connectivity index (χ2n) is 14.4. The van der Waals surface area contributed by atoms with Gasteiger partial charge in [0.1, 0.15) is 11.9 Å². The number of alkyl halides is 1. The lowest BCUT2D eigenvalue weighted by atomic mass is 9.83. The minimum absolute atomic E-state index is 0.0577. The number of carbonyl (C=O) groups excluding carboxylic acids is 2. The quantitative estimate of drug-likeness (QED) is 0.324. The number of benzene rings is 1. The van der Waals surface area contributed by atoms with Crippen LogP contribution in [0.3, 0.4) is 0 Å². The number of fused-ring (bicyclic) bond motifs is 2. The minimum atomic E-state index is -1.11. The summed E-state index contributed by atoms with van der Waals surface area (Å²) in [5, 5.41) is 16.3. The second-order valence-corrected chi connectivity index (χ2v) is 14.4. The maximum atomic E-state index is 14.2. The number of halogens is 1.